The van der Waals surface area contributed by atoms with Crippen LogP contribution in [0, 0.1) is 23.7 Å². The van der Waals surface area contributed by atoms with Crippen LogP contribution in [-0.4, -0.2) is 14.0 Å². The summed E-state index contributed by atoms with van der Waals surface area (Å²) < 4.78 is 14.7. The molecular weight excluding hydrogens is 246 g/mol. The Morgan fingerprint density at radius 3 is 1.95 bits per heavy atom. The molecule has 0 aromatic carbocycles. The van der Waals surface area contributed by atoms with E-state index < -0.39 is 6.17 Å². The molecule has 3 saturated carbocycles. The molecule has 0 saturated heterocycles. The van der Waals surface area contributed by atoms with Crippen LogP contribution in [0.3, 0.4) is 0 Å². The lowest BCUT2D eigenvalue weighted by Gasteiger charge is -2.42. The van der Waals surface area contributed by atoms with Gasteiger partial charge in [-0.1, -0.05) is 63.6 Å². The van der Waals surface area contributed by atoms with Crippen molar-refractivity contribution in [1.82, 2.24) is 0 Å². The molecule has 0 N–H and O–H groups in total. The lowest BCUT2D eigenvalue weighted by atomic mass is 9.63. The van der Waals surface area contributed by atoms with Crippen molar-refractivity contribution in [2.75, 3.05) is 0 Å². The van der Waals surface area contributed by atoms with Gasteiger partial charge in [-0.2, -0.15) is 0 Å². The van der Waals surface area contributed by atoms with Crippen molar-refractivity contribution in [3.05, 3.63) is 0 Å². The maximum absolute atomic E-state index is 14.7. The molecule has 0 aromatic rings. The van der Waals surface area contributed by atoms with E-state index in [1.165, 1.54) is 70.6 Å². The van der Waals surface area contributed by atoms with Crippen molar-refractivity contribution < 1.29 is 4.39 Å². The third kappa shape index (κ3) is 3.42. The Balaban J connectivity index is 1.51. The van der Waals surface area contributed by atoms with Crippen LogP contribution >= 0.6 is 0 Å². The number of hydrogen-bond donors (Lipinski definition) is 0. The predicted octanol–water partition coefficient (Wildman–Crippen LogP) is 4.93. The normalized spacial score (nSPS) is 44.4. The SMILES string of the molecule is BC1CCC(C2CCC(C3CCCCC3)CC2F)CC1. The van der Waals surface area contributed by atoms with E-state index in [0.29, 0.717) is 11.8 Å². The molecule has 3 aliphatic carbocycles. The van der Waals surface area contributed by atoms with Crippen LogP contribution in [0.25, 0.3) is 0 Å². The first-order valence-electron chi connectivity index (χ1n) is 9.38. The van der Waals surface area contributed by atoms with E-state index in [1.807, 2.05) is 0 Å². The van der Waals surface area contributed by atoms with Gasteiger partial charge in [-0.25, -0.2) is 4.39 Å². The lowest BCUT2D eigenvalue weighted by molar-refractivity contribution is 0.0421. The fourth-order valence-corrected chi connectivity index (χ4v) is 5.45. The Morgan fingerprint density at radius 1 is 0.650 bits per heavy atom. The third-order valence-electron chi connectivity index (χ3n) is 6.85. The molecule has 3 atom stereocenters. The zero-order chi connectivity index (χ0) is 13.9. The number of hydrogen-bond acceptors (Lipinski definition) is 0. The summed E-state index contributed by atoms with van der Waals surface area (Å²) in [5.41, 5.74) is 0. The summed E-state index contributed by atoms with van der Waals surface area (Å²) >= 11 is 0. The van der Waals surface area contributed by atoms with Gasteiger partial charge < -0.3 is 0 Å². The van der Waals surface area contributed by atoms with Crippen molar-refractivity contribution >= 4 is 7.85 Å². The fourth-order valence-electron chi connectivity index (χ4n) is 5.45. The summed E-state index contributed by atoms with van der Waals surface area (Å²) in [5.74, 6) is 3.62. The molecular formula is C18H32BF. The summed E-state index contributed by atoms with van der Waals surface area (Å²) in [6.45, 7) is 0. The van der Waals surface area contributed by atoms with Gasteiger partial charge in [-0.15, -0.1) is 0 Å². The first kappa shape index (κ1) is 14.9. The minimum absolute atomic E-state index is 0.419. The van der Waals surface area contributed by atoms with Crippen LogP contribution in [0.5, 0.6) is 0 Å². The van der Waals surface area contributed by atoms with Crippen molar-refractivity contribution in [2.24, 2.45) is 23.7 Å². The molecule has 0 radical (unpaired) electrons. The molecule has 2 heteroatoms. The summed E-state index contributed by atoms with van der Waals surface area (Å²) in [7, 11) is 2.36. The summed E-state index contributed by atoms with van der Waals surface area (Å²) in [6.07, 6.45) is 15.3. The quantitative estimate of drug-likeness (QED) is 0.628. The summed E-state index contributed by atoms with van der Waals surface area (Å²) in [6, 6.07) is 0. The van der Waals surface area contributed by atoms with Gasteiger partial charge in [-0.3, -0.25) is 0 Å². The van der Waals surface area contributed by atoms with Gasteiger partial charge in [0.1, 0.15) is 14.0 Å². The molecule has 3 aliphatic rings. The predicted molar refractivity (Wildman–Crippen MR) is 86.6 cm³/mol. The maximum Gasteiger partial charge on any atom is 0.105 e. The molecule has 0 nitrogen and oxygen atoms in total. The highest BCUT2D eigenvalue weighted by molar-refractivity contribution is 6.11. The number of alkyl halides is 1. The van der Waals surface area contributed by atoms with Crippen molar-refractivity contribution in [1.29, 1.82) is 0 Å². The molecule has 0 bridgehead atoms. The highest BCUT2D eigenvalue weighted by Gasteiger charge is 2.38. The first-order chi connectivity index (χ1) is 9.74. The minimum Gasteiger partial charge on any atom is -0.247 e. The number of rotatable bonds is 2. The van der Waals surface area contributed by atoms with Gasteiger partial charge in [0.2, 0.25) is 0 Å². The standard InChI is InChI=1S/C18H32BF/c19-16-9-6-14(7-10-16)17-11-8-15(12-18(17)20)13-4-2-1-3-5-13/h13-18H,1-12,19H2. The zero-order valence-electron chi connectivity index (χ0n) is 13.3. The monoisotopic (exact) mass is 278 g/mol. The van der Waals surface area contributed by atoms with E-state index in [2.05, 4.69) is 7.85 Å². The van der Waals surface area contributed by atoms with E-state index in [1.54, 1.807) is 0 Å². The van der Waals surface area contributed by atoms with Crippen molar-refractivity contribution in [3.63, 3.8) is 0 Å². The van der Waals surface area contributed by atoms with Crippen LogP contribution in [0.15, 0.2) is 0 Å². The van der Waals surface area contributed by atoms with Crippen molar-refractivity contribution in [3.8, 4) is 0 Å². The summed E-state index contributed by atoms with van der Waals surface area (Å²) in [5, 5.41) is 0. The molecule has 0 heterocycles. The molecule has 0 amide bonds. The van der Waals surface area contributed by atoms with Crippen LogP contribution in [0.4, 0.5) is 4.39 Å². The Bertz CT molecular complexity index is 292. The second-order valence-corrected chi connectivity index (χ2v) is 8.17. The van der Waals surface area contributed by atoms with Gasteiger partial charge in [0.05, 0.1) is 0 Å². The molecule has 114 valence electrons. The van der Waals surface area contributed by atoms with E-state index in [4.69, 9.17) is 0 Å². The second-order valence-electron chi connectivity index (χ2n) is 8.17. The Hall–Kier alpha value is -0.00506. The average molecular weight is 278 g/mol. The van der Waals surface area contributed by atoms with Crippen LogP contribution in [-0.2, 0) is 0 Å². The van der Waals surface area contributed by atoms with Gasteiger partial charge >= 0.3 is 0 Å². The van der Waals surface area contributed by atoms with Gasteiger partial charge in [-0.05, 0) is 42.9 Å². The Kier molecular flexibility index (Phi) is 5.10. The van der Waals surface area contributed by atoms with Gasteiger partial charge in [0.25, 0.3) is 0 Å². The topological polar surface area (TPSA) is 0 Å². The maximum atomic E-state index is 14.7. The van der Waals surface area contributed by atoms with E-state index in [9.17, 15) is 4.39 Å². The largest absolute Gasteiger partial charge is 0.247 e. The lowest BCUT2D eigenvalue weighted by Crippen LogP contribution is -2.36. The average Bonchev–Trinajstić information content (AvgIpc) is 2.49. The smallest absolute Gasteiger partial charge is 0.105 e. The summed E-state index contributed by atoms with van der Waals surface area (Å²) in [4.78, 5) is 0. The second kappa shape index (κ2) is 6.84. The highest BCUT2D eigenvalue weighted by atomic mass is 19.1. The van der Waals surface area contributed by atoms with Gasteiger partial charge in [0, 0.05) is 0 Å². The molecule has 0 aliphatic heterocycles. The fraction of sp³-hybridized carbons (Fsp3) is 1.00. The van der Waals surface area contributed by atoms with Crippen LogP contribution in [0.1, 0.15) is 77.0 Å². The van der Waals surface area contributed by atoms with E-state index in [0.717, 1.165) is 24.1 Å². The zero-order valence-corrected chi connectivity index (χ0v) is 13.3. The molecule has 20 heavy (non-hydrogen) atoms. The van der Waals surface area contributed by atoms with Crippen LogP contribution in [0.2, 0.25) is 5.82 Å². The van der Waals surface area contributed by atoms with Crippen LogP contribution < -0.4 is 0 Å². The molecule has 3 unspecified atom stereocenters. The van der Waals surface area contributed by atoms with Gasteiger partial charge in [0.15, 0.2) is 0 Å². The number of halogens is 1. The third-order valence-corrected chi connectivity index (χ3v) is 6.85. The Morgan fingerprint density at radius 2 is 1.30 bits per heavy atom. The Labute approximate surface area is 125 Å². The molecule has 0 aromatic heterocycles. The van der Waals surface area contributed by atoms with E-state index >= 15 is 0 Å². The minimum atomic E-state index is -0.478. The first-order valence-corrected chi connectivity index (χ1v) is 9.38. The molecule has 0 spiro atoms. The van der Waals surface area contributed by atoms with Crippen molar-refractivity contribution in [2.45, 2.75) is 89.0 Å². The van der Waals surface area contributed by atoms with E-state index in [-0.39, 0.29) is 0 Å². The highest BCUT2D eigenvalue weighted by Crippen LogP contribution is 2.46. The molecule has 3 rings (SSSR count). The molecule has 3 fully saturated rings.